The molecule has 28 heavy (non-hydrogen) atoms. The van der Waals surface area contributed by atoms with Crippen LogP contribution in [0.4, 0.5) is 17.3 Å². The van der Waals surface area contributed by atoms with Gasteiger partial charge < -0.3 is 5.32 Å². The van der Waals surface area contributed by atoms with E-state index in [-0.39, 0.29) is 17.4 Å². The number of benzene rings is 2. The number of Topliss-reactive ketones (excluding diaryl/α,β-unsaturated/α-hetero) is 1. The highest BCUT2D eigenvalue weighted by atomic mass is 32.2. The van der Waals surface area contributed by atoms with Crippen molar-refractivity contribution in [3.8, 4) is 0 Å². The maximum absolute atomic E-state index is 12.2. The zero-order valence-electron chi connectivity index (χ0n) is 15.3. The molecule has 0 fully saturated rings. The lowest BCUT2D eigenvalue weighted by Gasteiger charge is -2.08. The fourth-order valence-electron chi connectivity index (χ4n) is 2.50. The number of anilines is 3. The Balaban J connectivity index is 1.58. The molecule has 0 saturated carbocycles. The highest BCUT2D eigenvalue weighted by Gasteiger charge is 2.12. The minimum Gasteiger partial charge on any atom is -0.339 e. The molecule has 8 heteroatoms. The Morgan fingerprint density at radius 3 is 2.14 bits per heavy atom. The minimum atomic E-state index is -3.52. The van der Waals surface area contributed by atoms with E-state index in [2.05, 4.69) is 20.2 Å². The molecule has 0 amide bonds. The van der Waals surface area contributed by atoms with Crippen molar-refractivity contribution < 1.29 is 13.2 Å². The van der Waals surface area contributed by atoms with E-state index in [0.29, 0.717) is 17.8 Å². The molecule has 1 heterocycles. The fourth-order valence-corrected chi connectivity index (χ4v) is 3.53. The molecule has 1 aromatic heterocycles. The summed E-state index contributed by atoms with van der Waals surface area (Å²) in [7, 11) is -3.52. The molecule has 3 rings (SSSR count). The van der Waals surface area contributed by atoms with Gasteiger partial charge >= 0.3 is 0 Å². The summed E-state index contributed by atoms with van der Waals surface area (Å²) in [5.74, 6) is 0.574. The van der Waals surface area contributed by atoms with Crippen molar-refractivity contribution in [2.75, 3.05) is 15.8 Å². The Hall–Kier alpha value is -3.26. The zero-order valence-corrected chi connectivity index (χ0v) is 16.1. The maximum atomic E-state index is 12.2. The quantitative estimate of drug-likeness (QED) is 0.566. The number of sulfonamides is 1. The number of nitrogens with one attached hydrogen (secondary N) is 2. The van der Waals surface area contributed by atoms with Gasteiger partial charge in [0.05, 0.1) is 5.75 Å². The number of rotatable bonds is 8. The van der Waals surface area contributed by atoms with Crippen molar-refractivity contribution >= 4 is 33.1 Å². The van der Waals surface area contributed by atoms with E-state index in [1.54, 1.807) is 36.4 Å². The summed E-state index contributed by atoms with van der Waals surface area (Å²) in [5, 5.41) is 10.9. The third-order valence-electron chi connectivity index (χ3n) is 3.99. The lowest BCUT2D eigenvalue weighted by atomic mass is 10.1. The molecule has 0 aliphatic rings. The third kappa shape index (κ3) is 5.62. The first-order valence-corrected chi connectivity index (χ1v) is 10.3. The average Bonchev–Trinajstić information content (AvgIpc) is 2.69. The second-order valence-corrected chi connectivity index (χ2v) is 8.06. The van der Waals surface area contributed by atoms with E-state index in [9.17, 15) is 13.2 Å². The van der Waals surface area contributed by atoms with Crippen molar-refractivity contribution in [1.29, 1.82) is 0 Å². The van der Waals surface area contributed by atoms with Gasteiger partial charge in [-0.2, -0.15) is 0 Å². The highest BCUT2D eigenvalue weighted by molar-refractivity contribution is 7.92. The Labute approximate surface area is 163 Å². The molecule has 0 radical (unpaired) electrons. The van der Waals surface area contributed by atoms with E-state index < -0.39 is 10.0 Å². The molecule has 0 saturated heterocycles. The second-order valence-electron chi connectivity index (χ2n) is 6.22. The Morgan fingerprint density at radius 2 is 1.54 bits per heavy atom. The number of nitrogens with zero attached hydrogens (tertiary/aromatic N) is 2. The smallest absolute Gasteiger partial charge is 0.234 e. The predicted octanol–water partition coefficient (Wildman–Crippen LogP) is 3.41. The van der Waals surface area contributed by atoms with Gasteiger partial charge in [0.1, 0.15) is 0 Å². The number of hydrogen-bond acceptors (Lipinski definition) is 6. The monoisotopic (exact) mass is 396 g/mol. The minimum absolute atomic E-state index is 0.00441. The molecule has 0 unspecified atom stereocenters. The first kappa shape index (κ1) is 19.5. The molecule has 0 atom stereocenters. The molecule has 0 spiro atoms. The summed E-state index contributed by atoms with van der Waals surface area (Å²) >= 11 is 0. The van der Waals surface area contributed by atoms with Crippen LogP contribution in [0.25, 0.3) is 0 Å². The molecule has 2 N–H and O–H groups in total. The van der Waals surface area contributed by atoms with Gasteiger partial charge in [0.15, 0.2) is 17.4 Å². The van der Waals surface area contributed by atoms with Gasteiger partial charge in [-0.15, -0.1) is 10.2 Å². The number of aryl methyl sites for hydroxylation is 1. The Bertz CT molecular complexity index is 1040. The van der Waals surface area contributed by atoms with Crippen LogP contribution < -0.4 is 10.0 Å². The van der Waals surface area contributed by atoms with Crippen LogP contribution in [0.1, 0.15) is 22.8 Å². The maximum Gasteiger partial charge on any atom is 0.234 e. The average molecular weight is 396 g/mol. The lowest BCUT2D eigenvalue weighted by Crippen LogP contribution is -2.19. The van der Waals surface area contributed by atoms with Crippen molar-refractivity contribution in [3.63, 3.8) is 0 Å². The summed E-state index contributed by atoms with van der Waals surface area (Å²) in [6.07, 6.45) is 0.416. The van der Waals surface area contributed by atoms with Crippen LogP contribution in [0.3, 0.4) is 0 Å². The van der Waals surface area contributed by atoms with Crippen LogP contribution in [-0.2, 0) is 16.4 Å². The van der Waals surface area contributed by atoms with Gasteiger partial charge in [-0.05, 0) is 55.3 Å². The van der Waals surface area contributed by atoms with Crippen LogP contribution in [0.5, 0.6) is 0 Å². The molecule has 144 valence electrons. The topological polar surface area (TPSA) is 101 Å². The van der Waals surface area contributed by atoms with Crippen LogP contribution in [0.15, 0.2) is 66.7 Å². The normalized spacial score (nSPS) is 11.0. The van der Waals surface area contributed by atoms with E-state index in [1.165, 1.54) is 6.92 Å². The van der Waals surface area contributed by atoms with E-state index in [4.69, 9.17) is 0 Å². The Morgan fingerprint density at radius 1 is 0.893 bits per heavy atom. The summed E-state index contributed by atoms with van der Waals surface area (Å²) in [5.41, 5.74) is 2.32. The summed E-state index contributed by atoms with van der Waals surface area (Å²) in [6.45, 7) is 1.51. The van der Waals surface area contributed by atoms with E-state index in [1.807, 2.05) is 30.3 Å². The van der Waals surface area contributed by atoms with Crippen molar-refractivity contribution in [2.45, 2.75) is 13.3 Å². The first-order valence-electron chi connectivity index (χ1n) is 8.67. The molecule has 0 aliphatic carbocycles. The van der Waals surface area contributed by atoms with Crippen molar-refractivity contribution in [2.24, 2.45) is 0 Å². The number of carbonyl (C=O) groups excluding carboxylic acids is 1. The SMILES string of the molecule is CC(=O)c1ccc(Nc2ccc(NS(=O)(=O)CCc3ccccc3)nn2)cc1. The third-order valence-corrected chi connectivity index (χ3v) is 5.25. The molecular weight excluding hydrogens is 376 g/mol. The molecule has 3 aromatic rings. The molecule has 7 nitrogen and oxygen atoms in total. The summed E-state index contributed by atoms with van der Waals surface area (Å²) in [4.78, 5) is 11.3. The summed E-state index contributed by atoms with van der Waals surface area (Å²) in [6, 6.07) is 19.5. The number of ketones is 1. The predicted molar refractivity (Wildman–Crippen MR) is 109 cm³/mol. The van der Waals surface area contributed by atoms with Crippen LogP contribution in [-0.4, -0.2) is 30.2 Å². The van der Waals surface area contributed by atoms with Gasteiger partial charge in [0.2, 0.25) is 10.0 Å². The molecule has 0 bridgehead atoms. The van der Waals surface area contributed by atoms with E-state index in [0.717, 1.165) is 11.3 Å². The van der Waals surface area contributed by atoms with Gasteiger partial charge in [-0.3, -0.25) is 9.52 Å². The summed E-state index contributed by atoms with van der Waals surface area (Å²) < 4.78 is 26.9. The van der Waals surface area contributed by atoms with E-state index >= 15 is 0 Å². The standard InChI is InChI=1S/C20H20N4O3S/c1-15(25)17-7-9-18(10-8-17)21-19-11-12-20(23-22-19)24-28(26,27)14-13-16-5-3-2-4-6-16/h2-12H,13-14H2,1H3,(H,21,22)(H,23,24). The molecular formula is C20H20N4O3S. The number of hydrogen-bond donors (Lipinski definition) is 2. The zero-order chi connectivity index (χ0) is 20.0. The second kappa shape index (κ2) is 8.62. The first-order chi connectivity index (χ1) is 13.4. The van der Waals surface area contributed by atoms with Crippen LogP contribution in [0, 0.1) is 0 Å². The van der Waals surface area contributed by atoms with Gasteiger partial charge in [-0.25, -0.2) is 8.42 Å². The van der Waals surface area contributed by atoms with Crippen molar-refractivity contribution in [1.82, 2.24) is 10.2 Å². The lowest BCUT2D eigenvalue weighted by molar-refractivity contribution is 0.101. The highest BCUT2D eigenvalue weighted by Crippen LogP contribution is 2.16. The number of aromatic nitrogens is 2. The largest absolute Gasteiger partial charge is 0.339 e. The van der Waals surface area contributed by atoms with Crippen LogP contribution >= 0.6 is 0 Å². The van der Waals surface area contributed by atoms with Crippen LogP contribution in [0.2, 0.25) is 0 Å². The Kier molecular flexibility index (Phi) is 6.00. The molecule has 2 aromatic carbocycles. The van der Waals surface area contributed by atoms with Gasteiger partial charge in [-0.1, -0.05) is 30.3 Å². The molecule has 0 aliphatic heterocycles. The number of carbonyl (C=O) groups is 1. The fraction of sp³-hybridized carbons (Fsp3) is 0.150. The van der Waals surface area contributed by atoms with Gasteiger partial charge in [0.25, 0.3) is 0 Å². The van der Waals surface area contributed by atoms with Gasteiger partial charge in [0, 0.05) is 11.3 Å². The van der Waals surface area contributed by atoms with Crippen molar-refractivity contribution in [3.05, 3.63) is 77.9 Å².